The van der Waals surface area contributed by atoms with Crippen LogP contribution in [0.5, 0.6) is 0 Å². The summed E-state index contributed by atoms with van der Waals surface area (Å²) in [5, 5.41) is 0. The van der Waals surface area contributed by atoms with Crippen molar-refractivity contribution in [3.8, 4) is 66.8 Å². The molecule has 45 heavy (non-hydrogen) atoms. The molecule has 0 aliphatic heterocycles. The third-order valence-corrected chi connectivity index (χ3v) is 8.15. The Morgan fingerprint density at radius 2 is 0.511 bits per heavy atom. The van der Waals surface area contributed by atoms with E-state index in [2.05, 4.69) is 145 Å². The molecule has 0 N–H and O–H groups in total. The minimum atomic E-state index is 1.12. The van der Waals surface area contributed by atoms with Crippen LogP contribution >= 0.6 is 0 Å². The normalized spacial score (nSPS) is 11.0. The molecule has 0 unspecified atom stereocenters. The summed E-state index contributed by atoms with van der Waals surface area (Å²) in [5.74, 6) is 0. The van der Waals surface area contributed by atoms with E-state index in [1.165, 1.54) is 0 Å². The van der Waals surface area contributed by atoms with Crippen molar-refractivity contribution in [2.24, 2.45) is 0 Å². The van der Waals surface area contributed by atoms with Gasteiger partial charge in [0.05, 0.1) is 0 Å². The van der Waals surface area contributed by atoms with Crippen molar-refractivity contribution >= 4 is 0 Å². The molecule has 3 heterocycles. The van der Waals surface area contributed by atoms with Gasteiger partial charge in [0.15, 0.2) is 0 Å². The lowest BCUT2D eigenvalue weighted by molar-refractivity contribution is 1.27. The van der Waals surface area contributed by atoms with Crippen molar-refractivity contribution in [1.29, 1.82) is 0 Å². The lowest BCUT2D eigenvalue weighted by Gasteiger charge is -2.14. The minimum Gasteiger partial charge on any atom is -0.264 e. The molecular formula is C42H33N3. The van der Waals surface area contributed by atoms with Crippen LogP contribution in [0.2, 0.25) is 0 Å². The van der Waals surface area contributed by atoms with Crippen molar-refractivity contribution in [3.63, 3.8) is 0 Å². The molecule has 0 saturated carbocycles. The van der Waals surface area contributed by atoms with Gasteiger partial charge in [-0.3, -0.25) is 15.0 Å². The van der Waals surface area contributed by atoms with E-state index in [1.54, 1.807) is 0 Å². The third kappa shape index (κ3) is 6.20. The number of hydrogen-bond acceptors (Lipinski definition) is 3. The number of aromatic nitrogens is 3. The zero-order valence-electron chi connectivity index (χ0n) is 25.7. The second-order valence-corrected chi connectivity index (χ2v) is 11.8. The molecule has 0 amide bonds. The Labute approximate surface area is 265 Å². The molecule has 0 spiro atoms. The van der Waals surface area contributed by atoms with Crippen molar-refractivity contribution in [2.75, 3.05) is 0 Å². The molecule has 4 aromatic carbocycles. The molecule has 0 atom stereocenters. The maximum Gasteiger partial charge on any atom is 0.0346 e. The van der Waals surface area contributed by atoms with E-state index in [9.17, 15) is 0 Å². The van der Waals surface area contributed by atoms with Crippen LogP contribution in [-0.4, -0.2) is 15.0 Å². The van der Waals surface area contributed by atoms with Crippen LogP contribution in [0, 0.1) is 20.8 Å². The number of rotatable bonds is 6. The van der Waals surface area contributed by atoms with E-state index in [1.807, 2.05) is 37.2 Å². The molecule has 0 saturated heterocycles. The third-order valence-electron chi connectivity index (χ3n) is 8.15. The second kappa shape index (κ2) is 12.1. The van der Waals surface area contributed by atoms with Crippen molar-refractivity contribution < 1.29 is 0 Å². The largest absolute Gasteiger partial charge is 0.264 e. The first-order valence-corrected chi connectivity index (χ1v) is 15.2. The van der Waals surface area contributed by atoms with Crippen molar-refractivity contribution in [1.82, 2.24) is 15.0 Å². The van der Waals surface area contributed by atoms with E-state index in [-0.39, 0.29) is 0 Å². The zero-order chi connectivity index (χ0) is 30.8. The summed E-state index contributed by atoms with van der Waals surface area (Å²) in [6, 6.07) is 39.7. The van der Waals surface area contributed by atoms with Crippen LogP contribution in [-0.2, 0) is 0 Å². The van der Waals surface area contributed by atoms with Crippen LogP contribution in [0.15, 0.2) is 146 Å². The molecule has 0 fully saturated rings. The Morgan fingerprint density at radius 3 is 0.778 bits per heavy atom. The number of nitrogens with zero attached hydrogens (tertiary/aromatic N) is 3. The number of hydrogen-bond donors (Lipinski definition) is 0. The first-order valence-electron chi connectivity index (χ1n) is 15.2. The summed E-state index contributed by atoms with van der Waals surface area (Å²) >= 11 is 0. The van der Waals surface area contributed by atoms with Crippen LogP contribution < -0.4 is 0 Å². The van der Waals surface area contributed by atoms with Gasteiger partial charge in [0, 0.05) is 53.9 Å². The average molecular weight is 580 g/mol. The number of benzene rings is 4. The van der Waals surface area contributed by atoms with E-state index < -0.39 is 0 Å². The molecule has 7 aromatic rings. The summed E-state index contributed by atoms with van der Waals surface area (Å²) in [6.45, 7) is 6.24. The minimum absolute atomic E-state index is 1.12. The maximum absolute atomic E-state index is 4.44. The smallest absolute Gasteiger partial charge is 0.0346 e. The molecule has 3 heteroatoms. The Balaban J connectivity index is 1.38. The van der Waals surface area contributed by atoms with Crippen LogP contribution in [0.3, 0.4) is 0 Å². The van der Waals surface area contributed by atoms with Gasteiger partial charge in [-0.15, -0.1) is 0 Å². The quantitative estimate of drug-likeness (QED) is 0.197. The monoisotopic (exact) mass is 579 g/mol. The number of aryl methyl sites for hydroxylation is 3. The lowest BCUT2D eigenvalue weighted by atomic mass is 9.90. The first kappa shape index (κ1) is 28.1. The summed E-state index contributed by atoms with van der Waals surface area (Å²) in [4.78, 5) is 13.3. The predicted molar refractivity (Wildman–Crippen MR) is 187 cm³/mol. The Kier molecular flexibility index (Phi) is 7.59. The van der Waals surface area contributed by atoms with Crippen molar-refractivity contribution in [3.05, 3.63) is 163 Å². The Bertz CT molecular complexity index is 1900. The highest BCUT2D eigenvalue weighted by Gasteiger charge is 2.11. The fourth-order valence-corrected chi connectivity index (χ4v) is 5.90. The average Bonchev–Trinajstić information content (AvgIpc) is 3.08. The second-order valence-electron chi connectivity index (χ2n) is 11.8. The van der Waals surface area contributed by atoms with Gasteiger partial charge in [0.1, 0.15) is 0 Å². The lowest BCUT2D eigenvalue weighted by Crippen LogP contribution is -1.89. The molecule has 3 aromatic heterocycles. The first-order chi connectivity index (χ1) is 22.0. The van der Waals surface area contributed by atoms with Gasteiger partial charge in [-0.05, 0) is 142 Å². The highest BCUT2D eigenvalue weighted by atomic mass is 14.6. The standard InChI is InChI=1S/C42H33N3/c1-28-13-40(25-43-22-28)34-10-4-7-31(16-34)37-19-38(32-8-5-11-35(17-32)41-14-29(2)23-44-26-41)21-39(20-37)33-9-6-12-36(18-33)42-15-30(3)24-45-27-42/h4-27H,1-3H3. The summed E-state index contributed by atoms with van der Waals surface area (Å²) < 4.78 is 0. The molecule has 0 radical (unpaired) electrons. The van der Waals surface area contributed by atoms with E-state index in [0.717, 1.165) is 83.5 Å². The van der Waals surface area contributed by atoms with E-state index in [4.69, 9.17) is 0 Å². The molecular weight excluding hydrogens is 546 g/mol. The molecule has 7 rings (SSSR count). The van der Waals surface area contributed by atoms with Crippen LogP contribution in [0.1, 0.15) is 16.7 Å². The molecule has 0 bridgehead atoms. The fourth-order valence-electron chi connectivity index (χ4n) is 5.90. The van der Waals surface area contributed by atoms with Gasteiger partial charge < -0.3 is 0 Å². The van der Waals surface area contributed by atoms with Crippen LogP contribution in [0.4, 0.5) is 0 Å². The van der Waals surface area contributed by atoms with E-state index >= 15 is 0 Å². The number of pyridine rings is 3. The molecule has 0 aliphatic rings. The highest BCUT2D eigenvalue weighted by Crippen LogP contribution is 2.37. The summed E-state index contributed by atoms with van der Waals surface area (Å²) in [6.07, 6.45) is 11.5. The Hall–Kier alpha value is -5.67. The zero-order valence-corrected chi connectivity index (χ0v) is 25.7. The topological polar surface area (TPSA) is 38.7 Å². The van der Waals surface area contributed by atoms with Gasteiger partial charge >= 0.3 is 0 Å². The van der Waals surface area contributed by atoms with Crippen LogP contribution in [0.25, 0.3) is 66.8 Å². The van der Waals surface area contributed by atoms with Gasteiger partial charge in [-0.25, -0.2) is 0 Å². The SMILES string of the molecule is Cc1cncc(-c2cccc(-c3cc(-c4cccc(-c5cncc(C)c5)c4)cc(-c4cccc(-c5cncc(C)c5)c4)c3)c2)c1. The molecule has 216 valence electrons. The van der Waals surface area contributed by atoms with Gasteiger partial charge in [0.25, 0.3) is 0 Å². The van der Waals surface area contributed by atoms with Gasteiger partial charge in [-0.1, -0.05) is 54.6 Å². The fraction of sp³-hybridized carbons (Fsp3) is 0.0714. The van der Waals surface area contributed by atoms with Gasteiger partial charge in [-0.2, -0.15) is 0 Å². The van der Waals surface area contributed by atoms with Gasteiger partial charge in [0.2, 0.25) is 0 Å². The summed E-state index contributed by atoms with van der Waals surface area (Å²) in [7, 11) is 0. The Morgan fingerprint density at radius 1 is 0.267 bits per heavy atom. The van der Waals surface area contributed by atoms with E-state index in [0.29, 0.717) is 0 Å². The molecule has 0 aliphatic carbocycles. The predicted octanol–water partition coefficient (Wildman–Crippen LogP) is 10.8. The highest BCUT2D eigenvalue weighted by molar-refractivity contribution is 5.85. The maximum atomic E-state index is 4.44. The summed E-state index contributed by atoms with van der Waals surface area (Å²) in [5.41, 5.74) is 17.2. The van der Waals surface area contributed by atoms with Crippen molar-refractivity contribution in [2.45, 2.75) is 20.8 Å². The molecule has 3 nitrogen and oxygen atoms in total.